The minimum atomic E-state index is -3.38. The van der Waals surface area contributed by atoms with Crippen molar-refractivity contribution in [3.8, 4) is 0 Å². The van der Waals surface area contributed by atoms with Crippen LogP contribution in [-0.2, 0) is 14.8 Å². The molecular formula is C10H21N3O3S. The Balaban J connectivity index is 2.31. The smallest absolute Gasteiger partial charge is 0.238 e. The number of nitrogens with one attached hydrogen (secondary N) is 2. The predicted molar refractivity (Wildman–Crippen MR) is 65.8 cm³/mol. The fraction of sp³-hybridized carbons (Fsp3) is 0.900. The molecule has 4 N–H and O–H groups in total. The van der Waals surface area contributed by atoms with Crippen molar-refractivity contribution in [2.24, 2.45) is 5.73 Å². The summed E-state index contributed by atoms with van der Waals surface area (Å²) in [7, 11) is -3.38. The van der Waals surface area contributed by atoms with Crippen LogP contribution in [0.15, 0.2) is 0 Å². The third-order valence-electron chi connectivity index (χ3n) is 2.54. The molecule has 17 heavy (non-hydrogen) atoms. The maximum atomic E-state index is 11.6. The second kappa shape index (κ2) is 6.32. The lowest BCUT2D eigenvalue weighted by Crippen LogP contribution is -2.46. The summed E-state index contributed by atoms with van der Waals surface area (Å²) < 4.78 is 25.5. The molecule has 0 radical (unpaired) electrons. The molecule has 0 heterocycles. The number of amides is 1. The van der Waals surface area contributed by atoms with Crippen LogP contribution in [0.3, 0.4) is 0 Å². The Labute approximate surface area is 102 Å². The fourth-order valence-electron chi connectivity index (χ4n) is 1.37. The molecule has 1 saturated carbocycles. The van der Waals surface area contributed by atoms with Gasteiger partial charge < -0.3 is 11.1 Å². The van der Waals surface area contributed by atoms with Gasteiger partial charge in [-0.05, 0) is 39.2 Å². The van der Waals surface area contributed by atoms with Crippen molar-refractivity contribution in [3.05, 3.63) is 0 Å². The highest BCUT2D eigenvalue weighted by Crippen LogP contribution is 2.18. The van der Waals surface area contributed by atoms with Crippen molar-refractivity contribution in [1.82, 2.24) is 10.0 Å². The van der Waals surface area contributed by atoms with Gasteiger partial charge in [0.15, 0.2) is 0 Å². The summed E-state index contributed by atoms with van der Waals surface area (Å²) >= 11 is 0. The van der Waals surface area contributed by atoms with Gasteiger partial charge in [-0.25, -0.2) is 13.1 Å². The molecule has 0 aliphatic heterocycles. The molecule has 0 aromatic rings. The first-order chi connectivity index (χ1) is 7.94. The normalized spacial score (nSPS) is 17.8. The number of sulfonamides is 1. The Morgan fingerprint density at radius 1 is 1.41 bits per heavy atom. The molecule has 0 aromatic heterocycles. The molecular weight excluding hydrogens is 242 g/mol. The number of carbonyl (C=O) groups excluding carboxylic acids is 1. The lowest BCUT2D eigenvalue weighted by molar-refractivity contribution is -0.122. The van der Waals surface area contributed by atoms with Crippen LogP contribution in [0, 0.1) is 0 Å². The minimum absolute atomic E-state index is 0.0191. The number of hydrogen-bond acceptors (Lipinski definition) is 4. The van der Waals surface area contributed by atoms with Crippen molar-refractivity contribution in [3.63, 3.8) is 0 Å². The van der Waals surface area contributed by atoms with E-state index >= 15 is 0 Å². The van der Waals surface area contributed by atoms with E-state index in [1.165, 1.54) is 0 Å². The largest absolute Gasteiger partial charge is 0.352 e. The summed E-state index contributed by atoms with van der Waals surface area (Å²) in [4.78, 5) is 11.5. The highest BCUT2D eigenvalue weighted by Gasteiger charge is 2.27. The topological polar surface area (TPSA) is 101 Å². The van der Waals surface area contributed by atoms with Gasteiger partial charge in [0.05, 0.1) is 11.8 Å². The Morgan fingerprint density at radius 3 is 2.59 bits per heavy atom. The maximum Gasteiger partial charge on any atom is 0.238 e. The molecule has 0 saturated heterocycles. The summed E-state index contributed by atoms with van der Waals surface area (Å²) in [6.45, 7) is 2.03. The van der Waals surface area contributed by atoms with E-state index in [1.807, 2.05) is 0 Å². The van der Waals surface area contributed by atoms with Crippen molar-refractivity contribution < 1.29 is 13.2 Å². The Hall–Kier alpha value is -0.660. The van der Waals surface area contributed by atoms with Gasteiger partial charge in [0.2, 0.25) is 15.9 Å². The van der Waals surface area contributed by atoms with E-state index in [0.29, 0.717) is 19.4 Å². The molecule has 7 heteroatoms. The number of hydrogen-bond donors (Lipinski definition) is 3. The maximum absolute atomic E-state index is 11.6. The Kier molecular flexibility index (Phi) is 5.35. The van der Waals surface area contributed by atoms with Gasteiger partial charge in [-0.15, -0.1) is 0 Å². The van der Waals surface area contributed by atoms with E-state index < -0.39 is 16.1 Å². The van der Waals surface area contributed by atoms with E-state index in [9.17, 15) is 13.2 Å². The Bertz CT molecular complexity index is 352. The van der Waals surface area contributed by atoms with Crippen molar-refractivity contribution in [2.45, 2.75) is 44.7 Å². The standard InChI is InChI=1S/C10H21N3O3S/c1-8(10(14)12-9-4-5-9)13-17(15,16)7-3-2-6-11/h8-9,13H,2-7,11H2,1H3,(H,12,14). The van der Waals surface area contributed by atoms with E-state index in [2.05, 4.69) is 10.0 Å². The molecule has 0 aromatic carbocycles. The molecule has 1 fully saturated rings. The molecule has 1 amide bonds. The molecule has 0 bridgehead atoms. The summed E-state index contributed by atoms with van der Waals surface area (Å²) in [5, 5.41) is 2.76. The van der Waals surface area contributed by atoms with E-state index in [1.54, 1.807) is 6.92 Å². The highest BCUT2D eigenvalue weighted by atomic mass is 32.2. The summed E-state index contributed by atoms with van der Waals surface area (Å²) in [5.41, 5.74) is 5.29. The van der Waals surface area contributed by atoms with Crippen LogP contribution < -0.4 is 15.8 Å². The first-order valence-corrected chi connectivity index (χ1v) is 7.60. The molecule has 0 spiro atoms. The van der Waals surface area contributed by atoms with Crippen LogP contribution >= 0.6 is 0 Å². The van der Waals surface area contributed by atoms with Crippen molar-refractivity contribution >= 4 is 15.9 Å². The zero-order chi connectivity index (χ0) is 12.9. The van der Waals surface area contributed by atoms with Crippen LogP contribution in [0.25, 0.3) is 0 Å². The SMILES string of the molecule is CC(NS(=O)(=O)CCCCN)C(=O)NC1CC1. The minimum Gasteiger partial charge on any atom is -0.352 e. The molecule has 1 rings (SSSR count). The Morgan fingerprint density at radius 2 is 2.06 bits per heavy atom. The monoisotopic (exact) mass is 263 g/mol. The lowest BCUT2D eigenvalue weighted by atomic mass is 10.3. The molecule has 6 nitrogen and oxygen atoms in total. The quantitative estimate of drug-likeness (QED) is 0.505. The number of carbonyl (C=O) groups is 1. The van der Waals surface area contributed by atoms with Crippen LogP contribution in [0.1, 0.15) is 32.6 Å². The van der Waals surface area contributed by atoms with Gasteiger partial charge in [-0.3, -0.25) is 4.79 Å². The van der Waals surface area contributed by atoms with Crippen LogP contribution in [0.4, 0.5) is 0 Å². The molecule has 1 unspecified atom stereocenters. The van der Waals surface area contributed by atoms with Crippen molar-refractivity contribution in [2.75, 3.05) is 12.3 Å². The second-order valence-corrected chi connectivity index (χ2v) is 6.31. The van der Waals surface area contributed by atoms with Gasteiger partial charge in [-0.2, -0.15) is 0 Å². The number of nitrogens with two attached hydrogens (primary N) is 1. The number of unbranched alkanes of at least 4 members (excludes halogenated alkanes) is 1. The lowest BCUT2D eigenvalue weighted by Gasteiger charge is -2.13. The first kappa shape index (κ1) is 14.4. The molecule has 100 valence electrons. The molecule has 1 aliphatic carbocycles. The van der Waals surface area contributed by atoms with E-state index in [4.69, 9.17) is 5.73 Å². The first-order valence-electron chi connectivity index (χ1n) is 5.95. The second-order valence-electron chi connectivity index (χ2n) is 4.44. The summed E-state index contributed by atoms with van der Waals surface area (Å²) in [6.07, 6.45) is 3.16. The van der Waals surface area contributed by atoms with Crippen molar-refractivity contribution in [1.29, 1.82) is 0 Å². The summed E-state index contributed by atoms with van der Waals surface area (Å²) in [5.74, 6) is -0.236. The zero-order valence-electron chi connectivity index (χ0n) is 10.1. The molecule has 1 atom stereocenters. The average Bonchev–Trinajstić information content (AvgIpc) is 3.01. The average molecular weight is 263 g/mol. The number of rotatable bonds is 8. The van der Waals surface area contributed by atoms with Gasteiger partial charge in [0.1, 0.15) is 0 Å². The third kappa shape index (κ3) is 5.99. The van der Waals surface area contributed by atoms with E-state index in [0.717, 1.165) is 12.8 Å². The van der Waals surface area contributed by atoms with Crippen LogP contribution in [-0.4, -0.2) is 38.7 Å². The van der Waals surface area contributed by atoms with Gasteiger partial charge in [0.25, 0.3) is 0 Å². The molecule has 1 aliphatic rings. The van der Waals surface area contributed by atoms with Crippen LogP contribution in [0.2, 0.25) is 0 Å². The van der Waals surface area contributed by atoms with Gasteiger partial charge in [-0.1, -0.05) is 0 Å². The van der Waals surface area contributed by atoms with Gasteiger partial charge in [0, 0.05) is 6.04 Å². The predicted octanol–water partition coefficient (Wildman–Crippen LogP) is -0.688. The summed E-state index contributed by atoms with van der Waals surface area (Å²) in [6, 6.07) is -0.467. The highest BCUT2D eigenvalue weighted by molar-refractivity contribution is 7.89. The van der Waals surface area contributed by atoms with E-state index in [-0.39, 0.29) is 17.7 Å². The fourth-order valence-corrected chi connectivity index (χ4v) is 2.72. The van der Waals surface area contributed by atoms with Crippen LogP contribution in [0.5, 0.6) is 0 Å². The van der Waals surface area contributed by atoms with Gasteiger partial charge >= 0.3 is 0 Å². The zero-order valence-corrected chi connectivity index (χ0v) is 10.9. The third-order valence-corrected chi connectivity index (χ3v) is 4.08.